The second-order valence-corrected chi connectivity index (χ2v) is 6.30. The number of hydrogen-bond acceptors (Lipinski definition) is 6. The van der Waals surface area contributed by atoms with Gasteiger partial charge in [-0.2, -0.15) is 0 Å². The predicted molar refractivity (Wildman–Crippen MR) is 101 cm³/mol. The highest BCUT2D eigenvalue weighted by Gasteiger charge is 2.25. The fourth-order valence-electron chi connectivity index (χ4n) is 2.85. The van der Waals surface area contributed by atoms with E-state index in [-0.39, 0.29) is 16.8 Å². The van der Waals surface area contributed by atoms with E-state index < -0.39 is 22.8 Å². The number of hydrogen-bond donors (Lipinski definition) is 0. The molecule has 0 aliphatic rings. The number of fused-ring (bicyclic) bond motifs is 1. The average molecular weight is 382 g/mol. The molecule has 0 saturated heterocycles. The molecule has 3 aromatic rings. The van der Waals surface area contributed by atoms with E-state index in [1.54, 1.807) is 14.0 Å². The molecule has 0 N–H and O–H groups in total. The third-order valence-corrected chi connectivity index (χ3v) is 4.55. The number of furan rings is 1. The van der Waals surface area contributed by atoms with Gasteiger partial charge in [0.15, 0.2) is 0 Å². The maximum Gasteiger partial charge on any atom is 0.338 e. The van der Waals surface area contributed by atoms with E-state index in [0.717, 1.165) is 17.5 Å². The minimum absolute atomic E-state index is 0.0139. The van der Waals surface area contributed by atoms with Gasteiger partial charge in [0.2, 0.25) is 0 Å². The van der Waals surface area contributed by atoms with E-state index in [1.807, 2.05) is 30.3 Å². The van der Waals surface area contributed by atoms with Crippen molar-refractivity contribution in [2.75, 3.05) is 14.2 Å². The molecule has 0 fully saturated rings. The van der Waals surface area contributed by atoms with Crippen LogP contribution < -0.4 is 0 Å². The lowest BCUT2D eigenvalue weighted by atomic mass is 10.1. The summed E-state index contributed by atoms with van der Waals surface area (Å²) in [5.41, 5.74) is 0.287. The molecule has 8 heteroatoms. The Morgan fingerprint density at radius 2 is 1.82 bits per heavy atom. The van der Waals surface area contributed by atoms with Crippen molar-refractivity contribution in [3.8, 4) is 0 Å². The van der Waals surface area contributed by atoms with Crippen molar-refractivity contribution < 1.29 is 23.7 Å². The van der Waals surface area contributed by atoms with Crippen LogP contribution in [-0.4, -0.2) is 35.9 Å². The first-order chi connectivity index (χ1) is 13.3. The highest BCUT2D eigenvalue weighted by molar-refractivity contribution is 5.99. The number of esters is 1. The van der Waals surface area contributed by atoms with Crippen LogP contribution in [0.15, 0.2) is 52.9 Å². The van der Waals surface area contributed by atoms with Crippen LogP contribution >= 0.6 is 0 Å². The van der Waals surface area contributed by atoms with Gasteiger partial charge in [-0.25, -0.2) is 4.79 Å². The monoisotopic (exact) mass is 382 g/mol. The predicted octanol–water partition coefficient (Wildman–Crippen LogP) is 3.96. The fraction of sp³-hybridized carbons (Fsp3) is 0.200. The Hall–Kier alpha value is -3.68. The molecule has 1 amide bonds. The normalized spacial score (nSPS) is 11.8. The number of methoxy groups -OCH3 is 1. The lowest BCUT2D eigenvalue weighted by molar-refractivity contribution is -0.384. The van der Waals surface area contributed by atoms with Crippen molar-refractivity contribution in [1.29, 1.82) is 0 Å². The summed E-state index contributed by atoms with van der Waals surface area (Å²) in [6.45, 7) is 1.79. The number of non-ortho nitro benzene ring substituents is 1. The Labute approximate surface area is 160 Å². The number of amides is 1. The smallest absolute Gasteiger partial charge is 0.338 e. The van der Waals surface area contributed by atoms with Gasteiger partial charge >= 0.3 is 5.97 Å². The van der Waals surface area contributed by atoms with Gasteiger partial charge in [0.05, 0.1) is 23.6 Å². The second-order valence-electron chi connectivity index (χ2n) is 6.30. The Kier molecular flexibility index (Phi) is 5.12. The molecule has 2 aromatic carbocycles. The van der Waals surface area contributed by atoms with Crippen LogP contribution in [0.5, 0.6) is 0 Å². The molecule has 0 spiro atoms. The maximum atomic E-state index is 12.9. The highest BCUT2D eigenvalue weighted by atomic mass is 16.6. The standard InChI is InChI=1S/C20H18N2O6/c1-12(18-11-13-6-4-5-7-17(13)28-18)21(2)19(23)14-8-15(20(24)27-3)10-16(9-14)22(25)26/h4-12H,1-3H3/t12-/m0/s1. The largest absolute Gasteiger partial charge is 0.465 e. The number of nitrogens with zero attached hydrogens (tertiary/aromatic N) is 2. The van der Waals surface area contributed by atoms with E-state index in [0.29, 0.717) is 11.3 Å². The van der Waals surface area contributed by atoms with Gasteiger partial charge in [-0.15, -0.1) is 0 Å². The van der Waals surface area contributed by atoms with Crippen LogP contribution in [-0.2, 0) is 4.74 Å². The Balaban J connectivity index is 1.94. The number of carbonyl (C=O) groups excluding carboxylic acids is 2. The molecule has 0 bridgehead atoms. The van der Waals surface area contributed by atoms with Crippen LogP contribution in [0.25, 0.3) is 11.0 Å². The molecular weight excluding hydrogens is 364 g/mol. The third kappa shape index (κ3) is 3.57. The zero-order valence-corrected chi connectivity index (χ0v) is 15.5. The van der Waals surface area contributed by atoms with Crippen molar-refractivity contribution >= 4 is 28.5 Å². The van der Waals surface area contributed by atoms with Crippen molar-refractivity contribution in [3.63, 3.8) is 0 Å². The maximum absolute atomic E-state index is 12.9. The van der Waals surface area contributed by atoms with Crippen molar-refractivity contribution in [2.45, 2.75) is 13.0 Å². The number of ether oxygens (including phenoxy) is 1. The fourth-order valence-corrected chi connectivity index (χ4v) is 2.85. The molecule has 1 heterocycles. The number of rotatable bonds is 5. The molecule has 0 unspecified atom stereocenters. The molecule has 0 radical (unpaired) electrons. The number of carbonyl (C=O) groups is 2. The summed E-state index contributed by atoms with van der Waals surface area (Å²) in [6.07, 6.45) is 0. The van der Waals surface area contributed by atoms with E-state index in [4.69, 9.17) is 4.42 Å². The van der Waals surface area contributed by atoms with Crippen molar-refractivity contribution in [3.05, 3.63) is 75.5 Å². The topological polar surface area (TPSA) is 103 Å². The first-order valence-corrected chi connectivity index (χ1v) is 8.45. The van der Waals surface area contributed by atoms with Gasteiger partial charge in [0.1, 0.15) is 11.3 Å². The Morgan fingerprint density at radius 1 is 1.14 bits per heavy atom. The molecular formula is C20H18N2O6. The third-order valence-electron chi connectivity index (χ3n) is 4.55. The molecule has 3 rings (SSSR count). The summed E-state index contributed by atoms with van der Waals surface area (Å²) < 4.78 is 10.4. The Morgan fingerprint density at radius 3 is 2.46 bits per heavy atom. The lowest BCUT2D eigenvalue weighted by Gasteiger charge is -2.23. The van der Waals surface area contributed by atoms with Gasteiger partial charge in [-0.05, 0) is 25.1 Å². The highest BCUT2D eigenvalue weighted by Crippen LogP contribution is 2.28. The number of nitro groups is 1. The molecule has 0 aliphatic carbocycles. The minimum Gasteiger partial charge on any atom is -0.465 e. The van der Waals surface area contributed by atoms with E-state index in [9.17, 15) is 19.7 Å². The quantitative estimate of drug-likeness (QED) is 0.376. The summed E-state index contributed by atoms with van der Waals surface area (Å²) in [7, 11) is 2.73. The molecule has 8 nitrogen and oxygen atoms in total. The van der Waals surface area contributed by atoms with E-state index in [1.165, 1.54) is 18.1 Å². The van der Waals surface area contributed by atoms with Gasteiger partial charge in [-0.1, -0.05) is 18.2 Å². The van der Waals surface area contributed by atoms with Crippen molar-refractivity contribution in [1.82, 2.24) is 4.90 Å². The zero-order chi connectivity index (χ0) is 20.4. The van der Waals surface area contributed by atoms with Crippen LogP contribution in [0.4, 0.5) is 5.69 Å². The minimum atomic E-state index is -0.759. The molecule has 0 saturated carbocycles. The molecule has 0 aliphatic heterocycles. The average Bonchev–Trinajstić information content (AvgIpc) is 3.15. The first kappa shape index (κ1) is 19.1. The SMILES string of the molecule is COC(=O)c1cc(C(=O)N(C)[C@@H](C)c2cc3ccccc3o2)cc([N+](=O)[O-])c1. The van der Waals surface area contributed by atoms with Gasteiger partial charge < -0.3 is 14.1 Å². The van der Waals surface area contributed by atoms with Crippen LogP contribution in [0, 0.1) is 10.1 Å². The van der Waals surface area contributed by atoms with Crippen LogP contribution in [0.3, 0.4) is 0 Å². The Bertz CT molecular complexity index is 1040. The summed E-state index contributed by atoms with van der Waals surface area (Å²) in [4.78, 5) is 36.6. The van der Waals surface area contributed by atoms with Gasteiger partial charge in [0.25, 0.3) is 11.6 Å². The lowest BCUT2D eigenvalue weighted by Crippen LogP contribution is -2.29. The number of para-hydroxylation sites is 1. The van der Waals surface area contributed by atoms with Crippen molar-refractivity contribution in [2.24, 2.45) is 0 Å². The summed E-state index contributed by atoms with van der Waals surface area (Å²) >= 11 is 0. The van der Waals surface area contributed by atoms with Crippen LogP contribution in [0.2, 0.25) is 0 Å². The zero-order valence-electron chi connectivity index (χ0n) is 15.5. The first-order valence-electron chi connectivity index (χ1n) is 8.45. The van der Waals surface area contributed by atoms with Gasteiger partial charge in [0, 0.05) is 30.1 Å². The number of benzene rings is 2. The summed E-state index contributed by atoms with van der Waals surface area (Å²) in [6, 6.07) is 12.4. The summed E-state index contributed by atoms with van der Waals surface area (Å²) in [5.74, 6) is -0.664. The van der Waals surface area contributed by atoms with Crippen LogP contribution in [0.1, 0.15) is 39.4 Å². The molecule has 144 valence electrons. The molecule has 1 atom stereocenters. The molecule has 28 heavy (non-hydrogen) atoms. The van der Waals surface area contributed by atoms with Gasteiger partial charge in [-0.3, -0.25) is 14.9 Å². The summed E-state index contributed by atoms with van der Waals surface area (Å²) in [5, 5.41) is 12.1. The second kappa shape index (κ2) is 7.51. The van der Waals surface area contributed by atoms with E-state index in [2.05, 4.69) is 4.74 Å². The molecule has 1 aromatic heterocycles. The van der Waals surface area contributed by atoms with E-state index >= 15 is 0 Å². The number of nitro benzene ring substituents is 1.